The molecule has 1 rings (SSSR count). The summed E-state index contributed by atoms with van der Waals surface area (Å²) in [5.41, 5.74) is 7.55. The molecule has 0 amide bonds. The van der Waals surface area contributed by atoms with Gasteiger partial charge in [-0.1, -0.05) is 31.0 Å². The van der Waals surface area contributed by atoms with Crippen LogP contribution in [0.5, 0.6) is 0 Å². The first-order valence-electron chi connectivity index (χ1n) is 5.34. The number of nitrogens with two attached hydrogens (primary N) is 1. The zero-order valence-corrected chi connectivity index (χ0v) is 9.80. The maximum Gasteiger partial charge on any atom is 0.0635 e. The molecule has 84 valence electrons. The molecule has 0 aromatic heterocycles. The first-order chi connectivity index (χ1) is 7.19. The number of benzene rings is 1. The van der Waals surface area contributed by atoms with Crippen LogP contribution in [0.25, 0.3) is 0 Å². The van der Waals surface area contributed by atoms with Crippen LogP contribution < -0.4 is 5.73 Å². The average molecular weight is 228 g/mol. The summed E-state index contributed by atoms with van der Waals surface area (Å²) in [5.74, 6) is 0.388. The Bertz CT molecular complexity index is 308. The van der Waals surface area contributed by atoms with Crippen LogP contribution in [0.4, 0.5) is 5.69 Å². The zero-order valence-electron chi connectivity index (χ0n) is 9.04. The topological polar surface area (TPSA) is 46.2 Å². The summed E-state index contributed by atoms with van der Waals surface area (Å²) in [6.07, 6.45) is 2.96. The fraction of sp³-hybridized carbons (Fsp3) is 0.500. The quantitative estimate of drug-likeness (QED) is 0.759. The van der Waals surface area contributed by atoms with Crippen molar-refractivity contribution in [1.29, 1.82) is 0 Å². The van der Waals surface area contributed by atoms with E-state index in [2.05, 4.69) is 6.92 Å². The van der Waals surface area contributed by atoms with Crippen molar-refractivity contribution < 1.29 is 5.11 Å². The third kappa shape index (κ3) is 3.40. The molecular formula is C12H18ClNO. The van der Waals surface area contributed by atoms with Crippen molar-refractivity contribution in [3.05, 3.63) is 28.8 Å². The lowest BCUT2D eigenvalue weighted by Crippen LogP contribution is -2.02. The molecule has 2 nitrogen and oxygen atoms in total. The lowest BCUT2D eigenvalue weighted by atomic mass is 9.91. The van der Waals surface area contributed by atoms with Crippen LogP contribution in [0.2, 0.25) is 5.02 Å². The smallest absolute Gasteiger partial charge is 0.0635 e. The second-order valence-electron chi connectivity index (χ2n) is 3.78. The molecular weight excluding hydrogens is 210 g/mol. The Morgan fingerprint density at radius 2 is 2.13 bits per heavy atom. The van der Waals surface area contributed by atoms with Gasteiger partial charge in [0.1, 0.15) is 0 Å². The fourth-order valence-electron chi connectivity index (χ4n) is 1.80. The molecule has 1 unspecified atom stereocenters. The van der Waals surface area contributed by atoms with E-state index in [0.717, 1.165) is 19.3 Å². The highest BCUT2D eigenvalue weighted by Gasteiger charge is 2.11. The maximum atomic E-state index is 8.99. The van der Waals surface area contributed by atoms with Crippen LogP contribution in [-0.2, 0) is 0 Å². The summed E-state index contributed by atoms with van der Waals surface area (Å²) < 4.78 is 0. The SMILES string of the molecule is CCCC(CCO)c1ccc(Cl)c(N)c1. The fourth-order valence-corrected chi connectivity index (χ4v) is 1.92. The van der Waals surface area contributed by atoms with Crippen molar-refractivity contribution in [2.75, 3.05) is 12.3 Å². The van der Waals surface area contributed by atoms with Crippen molar-refractivity contribution in [3.8, 4) is 0 Å². The third-order valence-electron chi connectivity index (χ3n) is 2.61. The van der Waals surface area contributed by atoms with Crippen molar-refractivity contribution in [2.24, 2.45) is 0 Å². The van der Waals surface area contributed by atoms with E-state index in [9.17, 15) is 0 Å². The van der Waals surface area contributed by atoms with E-state index < -0.39 is 0 Å². The van der Waals surface area contributed by atoms with Crippen LogP contribution in [0.1, 0.15) is 37.7 Å². The summed E-state index contributed by atoms with van der Waals surface area (Å²) in [4.78, 5) is 0. The van der Waals surface area contributed by atoms with Gasteiger partial charge in [0.05, 0.1) is 10.7 Å². The number of rotatable bonds is 5. The van der Waals surface area contributed by atoms with Gasteiger partial charge < -0.3 is 10.8 Å². The number of anilines is 1. The Hall–Kier alpha value is -0.730. The van der Waals surface area contributed by atoms with Gasteiger partial charge in [0.15, 0.2) is 0 Å². The first-order valence-corrected chi connectivity index (χ1v) is 5.72. The normalized spacial score (nSPS) is 12.7. The lowest BCUT2D eigenvalue weighted by Gasteiger charge is -2.16. The van der Waals surface area contributed by atoms with E-state index in [1.54, 1.807) is 0 Å². The molecule has 1 atom stereocenters. The van der Waals surface area contributed by atoms with Crippen molar-refractivity contribution >= 4 is 17.3 Å². The molecule has 0 spiro atoms. The van der Waals surface area contributed by atoms with E-state index in [-0.39, 0.29) is 6.61 Å². The molecule has 15 heavy (non-hydrogen) atoms. The first kappa shape index (κ1) is 12.3. The van der Waals surface area contributed by atoms with Crippen LogP contribution in [0.3, 0.4) is 0 Å². The molecule has 3 N–H and O–H groups in total. The van der Waals surface area contributed by atoms with Gasteiger partial charge in [-0.15, -0.1) is 0 Å². The minimum atomic E-state index is 0.215. The minimum absolute atomic E-state index is 0.215. The minimum Gasteiger partial charge on any atom is -0.398 e. The van der Waals surface area contributed by atoms with Crippen LogP contribution in [0.15, 0.2) is 18.2 Å². The highest BCUT2D eigenvalue weighted by Crippen LogP contribution is 2.29. The summed E-state index contributed by atoms with van der Waals surface area (Å²) in [6.45, 7) is 2.36. The Labute approximate surface area is 96.1 Å². The number of aliphatic hydroxyl groups excluding tert-OH is 1. The monoisotopic (exact) mass is 227 g/mol. The van der Waals surface area contributed by atoms with Gasteiger partial charge in [0, 0.05) is 6.61 Å². The molecule has 0 aliphatic rings. The van der Waals surface area contributed by atoms with Crippen LogP contribution >= 0.6 is 11.6 Å². The molecule has 0 aliphatic heterocycles. The number of nitrogen functional groups attached to an aromatic ring is 1. The summed E-state index contributed by atoms with van der Waals surface area (Å²) >= 11 is 5.87. The standard InChI is InChI=1S/C12H18ClNO/c1-2-3-9(6-7-15)10-4-5-11(13)12(14)8-10/h4-5,8-9,15H,2-3,6-7,14H2,1H3. The van der Waals surface area contributed by atoms with E-state index in [1.807, 2.05) is 18.2 Å². The highest BCUT2D eigenvalue weighted by molar-refractivity contribution is 6.33. The molecule has 0 bridgehead atoms. The highest BCUT2D eigenvalue weighted by atomic mass is 35.5. The third-order valence-corrected chi connectivity index (χ3v) is 2.95. The number of halogens is 1. The average Bonchev–Trinajstić information content (AvgIpc) is 2.22. The van der Waals surface area contributed by atoms with E-state index in [1.165, 1.54) is 5.56 Å². The van der Waals surface area contributed by atoms with Crippen molar-refractivity contribution in [3.63, 3.8) is 0 Å². The summed E-state index contributed by atoms with van der Waals surface area (Å²) in [5, 5.41) is 9.59. The zero-order chi connectivity index (χ0) is 11.3. The second-order valence-corrected chi connectivity index (χ2v) is 4.19. The van der Waals surface area contributed by atoms with Gasteiger partial charge in [-0.2, -0.15) is 0 Å². The molecule has 0 fully saturated rings. The Morgan fingerprint density at radius 1 is 1.40 bits per heavy atom. The van der Waals surface area contributed by atoms with Gasteiger partial charge in [-0.05, 0) is 36.5 Å². The van der Waals surface area contributed by atoms with Gasteiger partial charge in [0.25, 0.3) is 0 Å². The van der Waals surface area contributed by atoms with Gasteiger partial charge in [0.2, 0.25) is 0 Å². The maximum absolute atomic E-state index is 8.99. The Kier molecular flexibility index (Phi) is 4.92. The lowest BCUT2D eigenvalue weighted by molar-refractivity contribution is 0.272. The molecule has 0 saturated heterocycles. The molecule has 0 heterocycles. The van der Waals surface area contributed by atoms with Crippen LogP contribution in [-0.4, -0.2) is 11.7 Å². The van der Waals surface area contributed by atoms with E-state index in [4.69, 9.17) is 22.4 Å². The number of hydrogen-bond donors (Lipinski definition) is 2. The predicted molar refractivity (Wildman–Crippen MR) is 65.2 cm³/mol. The summed E-state index contributed by atoms with van der Waals surface area (Å²) in [7, 11) is 0. The molecule has 1 aromatic rings. The Balaban J connectivity index is 2.85. The van der Waals surface area contributed by atoms with Gasteiger partial charge >= 0.3 is 0 Å². The Morgan fingerprint density at radius 3 is 2.67 bits per heavy atom. The molecule has 0 radical (unpaired) electrons. The molecule has 1 aromatic carbocycles. The van der Waals surface area contributed by atoms with E-state index >= 15 is 0 Å². The predicted octanol–water partition coefficient (Wildman–Crippen LogP) is 3.19. The van der Waals surface area contributed by atoms with Gasteiger partial charge in [-0.25, -0.2) is 0 Å². The molecule has 0 saturated carbocycles. The van der Waals surface area contributed by atoms with Crippen molar-refractivity contribution in [1.82, 2.24) is 0 Å². The van der Waals surface area contributed by atoms with Crippen LogP contribution in [0, 0.1) is 0 Å². The second kappa shape index (κ2) is 5.99. The number of aliphatic hydroxyl groups is 1. The largest absolute Gasteiger partial charge is 0.398 e. The summed E-state index contributed by atoms with van der Waals surface area (Å²) in [6, 6.07) is 5.74. The van der Waals surface area contributed by atoms with E-state index in [0.29, 0.717) is 16.6 Å². The van der Waals surface area contributed by atoms with Gasteiger partial charge in [-0.3, -0.25) is 0 Å². The molecule has 0 aliphatic carbocycles. The van der Waals surface area contributed by atoms with Crippen molar-refractivity contribution in [2.45, 2.75) is 32.1 Å². The molecule has 3 heteroatoms. The number of hydrogen-bond acceptors (Lipinski definition) is 2.